The number of rotatable bonds is 5. The number of aliphatic hydroxyl groups is 1. The standard InChI is InChI=1S/C10H20O3/c1-2-3-4-5-10(6-11)7-12-9-13-8-10/h11H,2-9H2,1H3. The molecular formula is C10H20O3. The lowest BCUT2D eigenvalue weighted by atomic mass is 9.84. The molecule has 3 heteroatoms. The van der Waals surface area contributed by atoms with Crippen LogP contribution < -0.4 is 0 Å². The smallest absolute Gasteiger partial charge is 0.146 e. The van der Waals surface area contributed by atoms with E-state index in [0.717, 1.165) is 12.8 Å². The maximum Gasteiger partial charge on any atom is 0.146 e. The highest BCUT2D eigenvalue weighted by atomic mass is 16.7. The zero-order valence-corrected chi connectivity index (χ0v) is 8.42. The van der Waals surface area contributed by atoms with Gasteiger partial charge in [0.15, 0.2) is 0 Å². The lowest BCUT2D eigenvalue weighted by molar-refractivity contribution is -0.178. The summed E-state index contributed by atoms with van der Waals surface area (Å²) in [5.74, 6) is 0. The molecule has 0 amide bonds. The molecule has 1 fully saturated rings. The summed E-state index contributed by atoms with van der Waals surface area (Å²) >= 11 is 0. The van der Waals surface area contributed by atoms with Gasteiger partial charge in [-0.1, -0.05) is 26.2 Å². The Hall–Kier alpha value is -0.120. The van der Waals surface area contributed by atoms with Gasteiger partial charge in [-0.15, -0.1) is 0 Å². The van der Waals surface area contributed by atoms with Crippen LogP contribution in [-0.2, 0) is 9.47 Å². The molecule has 0 aromatic carbocycles. The van der Waals surface area contributed by atoms with Gasteiger partial charge in [-0.2, -0.15) is 0 Å². The van der Waals surface area contributed by atoms with E-state index in [9.17, 15) is 5.11 Å². The first kappa shape index (κ1) is 11.0. The molecule has 1 aliphatic rings. The van der Waals surface area contributed by atoms with E-state index in [4.69, 9.17) is 9.47 Å². The van der Waals surface area contributed by atoms with Crippen LogP contribution in [0.3, 0.4) is 0 Å². The van der Waals surface area contributed by atoms with Gasteiger partial charge in [-0.05, 0) is 6.42 Å². The first-order chi connectivity index (χ1) is 6.33. The summed E-state index contributed by atoms with van der Waals surface area (Å²) in [5, 5.41) is 9.28. The third-order valence-electron chi connectivity index (χ3n) is 2.63. The second-order valence-corrected chi connectivity index (χ2v) is 3.93. The van der Waals surface area contributed by atoms with Crippen LogP contribution in [-0.4, -0.2) is 31.7 Å². The van der Waals surface area contributed by atoms with Gasteiger partial charge in [0, 0.05) is 5.41 Å². The van der Waals surface area contributed by atoms with Crippen molar-refractivity contribution in [2.45, 2.75) is 32.6 Å². The summed E-state index contributed by atoms with van der Waals surface area (Å²) < 4.78 is 10.4. The van der Waals surface area contributed by atoms with Crippen molar-refractivity contribution in [3.63, 3.8) is 0 Å². The van der Waals surface area contributed by atoms with Crippen LogP contribution in [0, 0.1) is 5.41 Å². The summed E-state index contributed by atoms with van der Waals surface area (Å²) in [7, 11) is 0. The van der Waals surface area contributed by atoms with E-state index >= 15 is 0 Å². The first-order valence-corrected chi connectivity index (χ1v) is 5.09. The summed E-state index contributed by atoms with van der Waals surface area (Å²) in [6.07, 6.45) is 4.60. The summed E-state index contributed by atoms with van der Waals surface area (Å²) in [6.45, 7) is 4.03. The maximum atomic E-state index is 9.28. The molecule has 0 aliphatic carbocycles. The van der Waals surface area contributed by atoms with Gasteiger partial charge in [0.1, 0.15) is 6.79 Å². The van der Waals surface area contributed by atoms with Crippen molar-refractivity contribution in [1.82, 2.24) is 0 Å². The molecule has 0 unspecified atom stereocenters. The molecule has 0 atom stereocenters. The van der Waals surface area contributed by atoms with Crippen molar-refractivity contribution in [1.29, 1.82) is 0 Å². The van der Waals surface area contributed by atoms with Crippen LogP contribution in [0.1, 0.15) is 32.6 Å². The Morgan fingerprint density at radius 2 is 1.92 bits per heavy atom. The Bertz CT molecular complexity index is 130. The lowest BCUT2D eigenvalue weighted by Gasteiger charge is -2.35. The minimum atomic E-state index is -0.118. The van der Waals surface area contributed by atoms with Crippen LogP contribution in [0.2, 0.25) is 0 Å². The quantitative estimate of drug-likeness (QED) is 0.665. The molecule has 0 aromatic heterocycles. The fourth-order valence-corrected chi connectivity index (χ4v) is 1.68. The average molecular weight is 188 g/mol. The van der Waals surface area contributed by atoms with Gasteiger partial charge in [0.05, 0.1) is 19.8 Å². The fourth-order valence-electron chi connectivity index (χ4n) is 1.68. The fraction of sp³-hybridized carbons (Fsp3) is 1.00. The van der Waals surface area contributed by atoms with Crippen molar-refractivity contribution in [3.8, 4) is 0 Å². The monoisotopic (exact) mass is 188 g/mol. The topological polar surface area (TPSA) is 38.7 Å². The molecule has 3 nitrogen and oxygen atoms in total. The van der Waals surface area contributed by atoms with E-state index < -0.39 is 0 Å². The van der Waals surface area contributed by atoms with E-state index in [0.29, 0.717) is 20.0 Å². The molecule has 13 heavy (non-hydrogen) atoms. The zero-order chi connectivity index (χ0) is 9.57. The Kier molecular flexibility index (Phi) is 4.70. The lowest BCUT2D eigenvalue weighted by Crippen LogP contribution is -2.40. The maximum absolute atomic E-state index is 9.28. The van der Waals surface area contributed by atoms with E-state index in [1.54, 1.807) is 0 Å². The van der Waals surface area contributed by atoms with Crippen molar-refractivity contribution in [2.75, 3.05) is 26.6 Å². The van der Waals surface area contributed by atoms with Gasteiger partial charge in [0.25, 0.3) is 0 Å². The first-order valence-electron chi connectivity index (χ1n) is 5.09. The highest BCUT2D eigenvalue weighted by Crippen LogP contribution is 2.28. The van der Waals surface area contributed by atoms with Gasteiger partial charge >= 0.3 is 0 Å². The van der Waals surface area contributed by atoms with Crippen LogP contribution in [0.5, 0.6) is 0 Å². The molecule has 1 heterocycles. The van der Waals surface area contributed by atoms with E-state index in [2.05, 4.69) is 6.92 Å². The zero-order valence-electron chi connectivity index (χ0n) is 8.42. The SMILES string of the molecule is CCCCCC1(CO)COCOC1. The summed E-state index contributed by atoms with van der Waals surface area (Å²) in [5.41, 5.74) is -0.118. The third-order valence-corrected chi connectivity index (χ3v) is 2.63. The highest BCUT2D eigenvalue weighted by Gasteiger charge is 2.32. The molecule has 1 rings (SSSR count). The van der Waals surface area contributed by atoms with E-state index in [-0.39, 0.29) is 12.0 Å². The van der Waals surface area contributed by atoms with Gasteiger partial charge in [0.2, 0.25) is 0 Å². The van der Waals surface area contributed by atoms with Crippen LogP contribution in [0.25, 0.3) is 0 Å². The molecule has 0 saturated carbocycles. The number of unbranched alkanes of at least 4 members (excludes halogenated alkanes) is 2. The Morgan fingerprint density at radius 3 is 2.46 bits per heavy atom. The van der Waals surface area contributed by atoms with E-state index in [1.165, 1.54) is 12.8 Å². The number of hydrogen-bond donors (Lipinski definition) is 1. The molecule has 0 radical (unpaired) electrons. The molecule has 0 spiro atoms. The van der Waals surface area contributed by atoms with Gasteiger partial charge in [-0.25, -0.2) is 0 Å². The molecular weight excluding hydrogens is 168 g/mol. The number of aliphatic hydroxyl groups excluding tert-OH is 1. The molecule has 78 valence electrons. The van der Waals surface area contributed by atoms with Crippen LogP contribution in [0.4, 0.5) is 0 Å². The van der Waals surface area contributed by atoms with Crippen molar-refractivity contribution in [2.24, 2.45) is 5.41 Å². The Morgan fingerprint density at radius 1 is 1.23 bits per heavy atom. The molecule has 1 N–H and O–H groups in total. The van der Waals surface area contributed by atoms with Gasteiger partial charge in [-0.3, -0.25) is 0 Å². The van der Waals surface area contributed by atoms with Crippen LogP contribution >= 0.6 is 0 Å². The minimum absolute atomic E-state index is 0.118. The number of ether oxygens (including phenoxy) is 2. The molecule has 1 aliphatic heterocycles. The van der Waals surface area contributed by atoms with Crippen molar-refractivity contribution in [3.05, 3.63) is 0 Å². The third kappa shape index (κ3) is 3.25. The van der Waals surface area contributed by atoms with Crippen molar-refractivity contribution < 1.29 is 14.6 Å². The van der Waals surface area contributed by atoms with Crippen molar-refractivity contribution >= 4 is 0 Å². The second kappa shape index (κ2) is 5.58. The van der Waals surface area contributed by atoms with Crippen LogP contribution in [0.15, 0.2) is 0 Å². The molecule has 0 bridgehead atoms. The largest absolute Gasteiger partial charge is 0.396 e. The summed E-state index contributed by atoms with van der Waals surface area (Å²) in [4.78, 5) is 0. The molecule has 0 aromatic rings. The van der Waals surface area contributed by atoms with E-state index in [1.807, 2.05) is 0 Å². The molecule has 1 saturated heterocycles. The summed E-state index contributed by atoms with van der Waals surface area (Å²) in [6, 6.07) is 0. The Labute approximate surface area is 80.0 Å². The average Bonchev–Trinajstić information content (AvgIpc) is 2.20. The predicted octanol–water partition coefficient (Wildman–Crippen LogP) is 1.55. The van der Waals surface area contributed by atoms with Gasteiger partial charge < -0.3 is 14.6 Å². The second-order valence-electron chi connectivity index (χ2n) is 3.93. The highest BCUT2D eigenvalue weighted by molar-refractivity contribution is 4.79. The predicted molar refractivity (Wildman–Crippen MR) is 50.4 cm³/mol. The minimum Gasteiger partial charge on any atom is -0.396 e. The Balaban J connectivity index is 2.29. The number of hydrogen-bond acceptors (Lipinski definition) is 3. The normalized spacial score (nSPS) is 21.7.